The fraction of sp³-hybridized carbons (Fsp3) is 0.318. The Balaban J connectivity index is 1.77. The summed E-state index contributed by atoms with van der Waals surface area (Å²) >= 11 is 0. The first-order valence-corrected chi connectivity index (χ1v) is 11.3. The molecule has 9 heteroatoms. The number of ketones is 1. The molecule has 0 amide bonds. The number of carbonyl (C=O) groups excluding carboxylic acids is 1. The van der Waals surface area contributed by atoms with Crippen LogP contribution in [-0.4, -0.2) is 40.5 Å². The van der Waals surface area contributed by atoms with Gasteiger partial charge in [0.15, 0.2) is 17.3 Å². The van der Waals surface area contributed by atoms with Crippen LogP contribution < -0.4 is 18.9 Å². The Morgan fingerprint density at radius 2 is 1.65 bits per heavy atom. The number of methoxy groups -OCH3 is 3. The molecule has 31 heavy (non-hydrogen) atoms. The Kier molecular flexibility index (Phi) is 5.30. The van der Waals surface area contributed by atoms with E-state index in [-0.39, 0.29) is 16.4 Å². The molecule has 0 saturated carbocycles. The first-order chi connectivity index (χ1) is 14.8. The molecule has 0 spiro atoms. The second-order valence-electron chi connectivity index (χ2n) is 7.44. The molecule has 0 unspecified atom stereocenters. The number of anilines is 1. The third-order valence-electron chi connectivity index (χ3n) is 5.49. The summed E-state index contributed by atoms with van der Waals surface area (Å²) in [5.74, 6) is 1.13. The first-order valence-electron chi connectivity index (χ1n) is 9.80. The average Bonchev–Trinajstić information content (AvgIpc) is 3.10. The molecule has 0 bridgehead atoms. The molecule has 0 atom stereocenters. The van der Waals surface area contributed by atoms with Gasteiger partial charge >= 0.3 is 0 Å². The van der Waals surface area contributed by atoms with E-state index in [1.165, 1.54) is 33.5 Å². The van der Waals surface area contributed by atoms with Crippen molar-refractivity contribution in [3.8, 4) is 17.2 Å². The number of H-pyrrole nitrogens is 1. The number of rotatable bonds is 6. The molecule has 8 nitrogen and oxygen atoms in total. The summed E-state index contributed by atoms with van der Waals surface area (Å²) in [6.45, 7) is 1.72. The van der Waals surface area contributed by atoms with Gasteiger partial charge in [0.25, 0.3) is 10.0 Å². The van der Waals surface area contributed by atoms with Crippen LogP contribution in [0.3, 0.4) is 0 Å². The standard InChI is InChI=1S/C22H24N2O6S/c1-12-8-14-16(23-15-6-5-7-17(25)21(14)15)11-20(12)31(26,27)24-13-9-18(28-2)22(30-4)19(10-13)29-3/h8-11,23-24H,5-7H2,1-4H3. The molecule has 0 radical (unpaired) electrons. The van der Waals surface area contributed by atoms with Crippen LogP contribution >= 0.6 is 0 Å². The smallest absolute Gasteiger partial charge is 0.262 e. The van der Waals surface area contributed by atoms with Crippen molar-refractivity contribution in [3.63, 3.8) is 0 Å². The molecule has 1 heterocycles. The van der Waals surface area contributed by atoms with Gasteiger partial charge in [-0.3, -0.25) is 9.52 Å². The second kappa shape index (κ2) is 7.81. The minimum atomic E-state index is -3.93. The van der Waals surface area contributed by atoms with Gasteiger partial charge in [0.1, 0.15) is 0 Å². The largest absolute Gasteiger partial charge is 0.493 e. The zero-order valence-electron chi connectivity index (χ0n) is 17.8. The monoisotopic (exact) mass is 444 g/mol. The zero-order chi connectivity index (χ0) is 22.3. The summed E-state index contributed by atoms with van der Waals surface area (Å²) in [6.07, 6.45) is 2.09. The molecule has 1 aromatic heterocycles. The number of aryl methyl sites for hydroxylation is 2. The van der Waals surface area contributed by atoms with Crippen molar-refractivity contribution in [1.82, 2.24) is 4.98 Å². The molecule has 2 aromatic carbocycles. The highest BCUT2D eigenvalue weighted by Gasteiger charge is 2.26. The van der Waals surface area contributed by atoms with Crippen LogP contribution in [0.15, 0.2) is 29.2 Å². The number of aromatic nitrogens is 1. The Morgan fingerprint density at radius 3 is 2.26 bits per heavy atom. The van der Waals surface area contributed by atoms with Crippen molar-refractivity contribution >= 4 is 32.4 Å². The number of aromatic amines is 1. The van der Waals surface area contributed by atoms with E-state index in [4.69, 9.17) is 14.2 Å². The van der Waals surface area contributed by atoms with Crippen LogP contribution in [0.4, 0.5) is 5.69 Å². The molecule has 4 rings (SSSR count). The Labute approximate surface area is 180 Å². The molecule has 3 aromatic rings. The van der Waals surface area contributed by atoms with Crippen LogP contribution in [0.25, 0.3) is 10.9 Å². The van der Waals surface area contributed by atoms with E-state index < -0.39 is 10.0 Å². The number of carbonyl (C=O) groups is 1. The van der Waals surface area contributed by atoms with Crippen molar-refractivity contribution in [2.75, 3.05) is 26.1 Å². The molecule has 164 valence electrons. The lowest BCUT2D eigenvalue weighted by molar-refractivity contribution is 0.0974. The van der Waals surface area contributed by atoms with Crippen LogP contribution in [0.5, 0.6) is 17.2 Å². The first kappa shape index (κ1) is 21.0. The third-order valence-corrected chi connectivity index (χ3v) is 7.01. The van der Waals surface area contributed by atoms with Gasteiger partial charge < -0.3 is 19.2 Å². The average molecular weight is 445 g/mol. The van der Waals surface area contributed by atoms with Gasteiger partial charge in [0.05, 0.1) is 31.9 Å². The van der Waals surface area contributed by atoms with Crippen LogP contribution in [0, 0.1) is 6.92 Å². The molecule has 0 fully saturated rings. The van der Waals surface area contributed by atoms with Crippen LogP contribution in [-0.2, 0) is 16.4 Å². The fourth-order valence-corrected chi connectivity index (χ4v) is 5.38. The van der Waals surface area contributed by atoms with Crippen molar-refractivity contribution in [2.24, 2.45) is 0 Å². The number of hydrogen-bond donors (Lipinski definition) is 2. The number of sulfonamides is 1. The maximum absolute atomic E-state index is 13.2. The molecule has 0 saturated heterocycles. The summed E-state index contributed by atoms with van der Waals surface area (Å²) in [4.78, 5) is 15.7. The summed E-state index contributed by atoms with van der Waals surface area (Å²) in [5.41, 5.74) is 3.02. The van der Waals surface area contributed by atoms with Gasteiger partial charge in [-0.25, -0.2) is 8.42 Å². The Morgan fingerprint density at radius 1 is 0.968 bits per heavy atom. The van der Waals surface area contributed by atoms with E-state index in [0.29, 0.717) is 40.3 Å². The van der Waals surface area contributed by atoms with E-state index in [2.05, 4.69) is 9.71 Å². The minimum Gasteiger partial charge on any atom is -0.493 e. The number of nitrogens with one attached hydrogen (secondary N) is 2. The number of Topliss-reactive ketones (excluding diaryl/α,β-unsaturated/α-hetero) is 1. The van der Waals surface area contributed by atoms with Gasteiger partial charge in [0, 0.05) is 40.7 Å². The van der Waals surface area contributed by atoms with E-state index in [1.54, 1.807) is 19.1 Å². The van der Waals surface area contributed by atoms with Gasteiger partial charge in [-0.05, 0) is 37.5 Å². The number of benzene rings is 2. The van der Waals surface area contributed by atoms with E-state index in [1.807, 2.05) is 0 Å². The number of fused-ring (bicyclic) bond motifs is 3. The summed E-state index contributed by atoms with van der Waals surface area (Å²) in [5, 5.41) is 0.768. The predicted octanol–water partition coefficient (Wildman–Crippen LogP) is 3.82. The Hall–Kier alpha value is -3.20. The third kappa shape index (κ3) is 3.59. The van der Waals surface area contributed by atoms with Gasteiger partial charge in [-0.2, -0.15) is 0 Å². The van der Waals surface area contributed by atoms with Crippen LogP contribution in [0.2, 0.25) is 0 Å². The lowest BCUT2D eigenvalue weighted by Gasteiger charge is -2.16. The minimum absolute atomic E-state index is 0.0954. The molecule has 2 N–H and O–H groups in total. The molecule has 1 aliphatic carbocycles. The zero-order valence-corrected chi connectivity index (χ0v) is 18.6. The highest BCUT2D eigenvalue weighted by atomic mass is 32.2. The fourth-order valence-electron chi connectivity index (χ4n) is 4.08. The molecule has 1 aliphatic rings. The van der Waals surface area contributed by atoms with Crippen molar-refractivity contribution < 1.29 is 27.4 Å². The summed E-state index contributed by atoms with van der Waals surface area (Å²) in [7, 11) is 0.469. The topological polar surface area (TPSA) is 107 Å². The molecular formula is C22H24N2O6S. The second-order valence-corrected chi connectivity index (χ2v) is 9.09. The lowest BCUT2D eigenvalue weighted by atomic mass is 9.94. The van der Waals surface area contributed by atoms with Gasteiger partial charge in [-0.1, -0.05) is 0 Å². The van der Waals surface area contributed by atoms with Crippen molar-refractivity contribution in [3.05, 3.63) is 41.1 Å². The van der Waals surface area contributed by atoms with E-state index in [9.17, 15) is 13.2 Å². The van der Waals surface area contributed by atoms with Crippen LogP contribution in [0.1, 0.15) is 34.5 Å². The number of hydrogen-bond acceptors (Lipinski definition) is 6. The van der Waals surface area contributed by atoms with E-state index >= 15 is 0 Å². The SMILES string of the molecule is COc1cc(NS(=O)(=O)c2cc3[nH]c4c(c3cc2C)C(=O)CCC4)cc(OC)c1OC. The lowest BCUT2D eigenvalue weighted by Crippen LogP contribution is -2.14. The summed E-state index contributed by atoms with van der Waals surface area (Å²) < 4.78 is 44.9. The summed E-state index contributed by atoms with van der Waals surface area (Å²) in [6, 6.07) is 6.39. The molecule has 0 aliphatic heterocycles. The van der Waals surface area contributed by atoms with E-state index in [0.717, 1.165) is 23.9 Å². The van der Waals surface area contributed by atoms with Crippen molar-refractivity contribution in [2.45, 2.75) is 31.1 Å². The quantitative estimate of drug-likeness (QED) is 0.599. The maximum Gasteiger partial charge on any atom is 0.262 e. The van der Waals surface area contributed by atoms with Gasteiger partial charge in [-0.15, -0.1) is 0 Å². The van der Waals surface area contributed by atoms with Gasteiger partial charge in [0.2, 0.25) is 5.75 Å². The Bertz CT molecular complexity index is 1270. The normalized spacial score (nSPS) is 13.7. The maximum atomic E-state index is 13.2. The predicted molar refractivity (Wildman–Crippen MR) is 117 cm³/mol. The highest BCUT2D eigenvalue weighted by Crippen LogP contribution is 2.40. The van der Waals surface area contributed by atoms with Crippen molar-refractivity contribution in [1.29, 1.82) is 0 Å². The highest BCUT2D eigenvalue weighted by molar-refractivity contribution is 7.92. The molecular weight excluding hydrogens is 420 g/mol. The number of ether oxygens (including phenoxy) is 3.